The summed E-state index contributed by atoms with van der Waals surface area (Å²) in [7, 11) is 0. The SMILES string of the molecule is O=C(NCCCCO)C1CCN(Cc2ccc(F)cc2)C1. The predicted molar refractivity (Wildman–Crippen MR) is 79.1 cm³/mol. The largest absolute Gasteiger partial charge is 0.396 e. The lowest BCUT2D eigenvalue weighted by Crippen LogP contribution is -2.33. The third-order valence-electron chi connectivity index (χ3n) is 3.85. The summed E-state index contributed by atoms with van der Waals surface area (Å²) in [4.78, 5) is 14.2. The van der Waals surface area contributed by atoms with Gasteiger partial charge in [-0.05, 0) is 43.5 Å². The van der Waals surface area contributed by atoms with Gasteiger partial charge in [0.25, 0.3) is 0 Å². The summed E-state index contributed by atoms with van der Waals surface area (Å²) in [6.45, 7) is 3.21. The van der Waals surface area contributed by atoms with Crippen LogP contribution in [0.4, 0.5) is 4.39 Å². The second-order valence-electron chi connectivity index (χ2n) is 5.57. The van der Waals surface area contributed by atoms with Gasteiger partial charge in [-0.25, -0.2) is 4.39 Å². The maximum absolute atomic E-state index is 12.9. The van der Waals surface area contributed by atoms with E-state index in [1.54, 1.807) is 12.1 Å². The van der Waals surface area contributed by atoms with Gasteiger partial charge in [-0.15, -0.1) is 0 Å². The van der Waals surface area contributed by atoms with E-state index in [-0.39, 0.29) is 24.2 Å². The zero-order valence-corrected chi connectivity index (χ0v) is 12.2. The second-order valence-corrected chi connectivity index (χ2v) is 5.57. The molecule has 4 nitrogen and oxygen atoms in total. The third kappa shape index (κ3) is 5.10. The van der Waals surface area contributed by atoms with E-state index < -0.39 is 0 Å². The average Bonchev–Trinajstić information content (AvgIpc) is 2.94. The molecule has 0 saturated carbocycles. The van der Waals surface area contributed by atoms with Crippen LogP contribution >= 0.6 is 0 Å². The molecule has 1 unspecified atom stereocenters. The number of rotatable bonds is 7. The van der Waals surface area contributed by atoms with E-state index in [1.807, 2.05) is 0 Å². The molecule has 1 heterocycles. The Balaban J connectivity index is 1.72. The number of benzene rings is 1. The van der Waals surface area contributed by atoms with Gasteiger partial charge in [-0.1, -0.05) is 12.1 Å². The Morgan fingerprint density at radius 1 is 1.33 bits per heavy atom. The fraction of sp³-hybridized carbons (Fsp3) is 0.562. The van der Waals surface area contributed by atoms with Crippen molar-refractivity contribution in [2.24, 2.45) is 5.92 Å². The van der Waals surface area contributed by atoms with Gasteiger partial charge in [0.2, 0.25) is 5.91 Å². The highest BCUT2D eigenvalue weighted by Gasteiger charge is 2.27. The van der Waals surface area contributed by atoms with E-state index in [9.17, 15) is 9.18 Å². The molecule has 1 amide bonds. The Hall–Kier alpha value is -1.46. The average molecular weight is 294 g/mol. The fourth-order valence-corrected chi connectivity index (χ4v) is 2.63. The maximum atomic E-state index is 12.9. The molecule has 1 fully saturated rings. The van der Waals surface area contributed by atoms with Crippen molar-refractivity contribution < 1.29 is 14.3 Å². The number of amides is 1. The number of hydrogen-bond acceptors (Lipinski definition) is 3. The predicted octanol–water partition coefficient (Wildman–Crippen LogP) is 1.54. The van der Waals surface area contributed by atoms with Crippen molar-refractivity contribution in [3.05, 3.63) is 35.6 Å². The Morgan fingerprint density at radius 3 is 2.81 bits per heavy atom. The summed E-state index contributed by atoms with van der Waals surface area (Å²) < 4.78 is 12.9. The number of nitrogens with one attached hydrogen (secondary N) is 1. The molecule has 0 spiro atoms. The standard InChI is InChI=1S/C16H23FN2O2/c17-15-5-3-13(4-6-15)11-19-9-7-14(12-19)16(21)18-8-1-2-10-20/h3-6,14,20H,1-2,7-12H2,(H,18,21). The van der Waals surface area contributed by atoms with Crippen molar-refractivity contribution in [2.45, 2.75) is 25.8 Å². The van der Waals surface area contributed by atoms with Crippen LogP contribution < -0.4 is 5.32 Å². The van der Waals surface area contributed by atoms with Gasteiger partial charge in [0.1, 0.15) is 5.82 Å². The van der Waals surface area contributed by atoms with E-state index in [2.05, 4.69) is 10.2 Å². The summed E-state index contributed by atoms with van der Waals surface area (Å²) in [5, 5.41) is 11.6. The van der Waals surface area contributed by atoms with Gasteiger partial charge in [-0.2, -0.15) is 0 Å². The van der Waals surface area contributed by atoms with Gasteiger partial charge in [0.05, 0.1) is 5.92 Å². The van der Waals surface area contributed by atoms with Crippen LogP contribution in [0, 0.1) is 11.7 Å². The molecule has 1 aromatic carbocycles. The fourth-order valence-electron chi connectivity index (χ4n) is 2.63. The van der Waals surface area contributed by atoms with E-state index in [0.29, 0.717) is 6.54 Å². The summed E-state index contributed by atoms with van der Waals surface area (Å²) in [5.41, 5.74) is 1.07. The molecule has 5 heteroatoms. The molecule has 116 valence electrons. The first-order valence-electron chi connectivity index (χ1n) is 7.54. The lowest BCUT2D eigenvalue weighted by Gasteiger charge is -2.16. The zero-order chi connectivity index (χ0) is 15.1. The van der Waals surface area contributed by atoms with E-state index in [4.69, 9.17) is 5.11 Å². The monoisotopic (exact) mass is 294 g/mol. The van der Waals surface area contributed by atoms with Crippen LogP contribution in [0.15, 0.2) is 24.3 Å². The molecule has 2 rings (SSSR count). The minimum atomic E-state index is -0.222. The van der Waals surface area contributed by atoms with E-state index in [0.717, 1.165) is 44.5 Å². The lowest BCUT2D eigenvalue weighted by molar-refractivity contribution is -0.124. The summed E-state index contributed by atoms with van der Waals surface area (Å²) in [6.07, 6.45) is 2.41. The van der Waals surface area contributed by atoms with Crippen LogP contribution in [0.1, 0.15) is 24.8 Å². The Kier molecular flexibility index (Phi) is 6.14. The van der Waals surface area contributed by atoms with Crippen LogP contribution in [-0.4, -0.2) is 42.2 Å². The van der Waals surface area contributed by atoms with Crippen LogP contribution in [0.3, 0.4) is 0 Å². The maximum Gasteiger partial charge on any atom is 0.224 e. The van der Waals surface area contributed by atoms with E-state index >= 15 is 0 Å². The minimum Gasteiger partial charge on any atom is -0.396 e. The zero-order valence-electron chi connectivity index (χ0n) is 12.2. The number of hydrogen-bond donors (Lipinski definition) is 2. The molecule has 0 aliphatic carbocycles. The highest BCUT2D eigenvalue weighted by Crippen LogP contribution is 2.19. The molecule has 1 aliphatic heterocycles. The van der Waals surface area contributed by atoms with Crippen LogP contribution in [0.2, 0.25) is 0 Å². The van der Waals surface area contributed by atoms with Crippen LogP contribution in [0.5, 0.6) is 0 Å². The normalized spacial score (nSPS) is 18.9. The molecule has 1 aliphatic rings. The molecule has 1 atom stereocenters. The smallest absolute Gasteiger partial charge is 0.224 e. The number of likely N-dealkylation sites (tertiary alicyclic amines) is 1. The number of unbranched alkanes of at least 4 members (excludes halogenated alkanes) is 1. The molecule has 0 bridgehead atoms. The van der Waals surface area contributed by atoms with Crippen LogP contribution in [0.25, 0.3) is 0 Å². The number of nitrogens with zero attached hydrogens (tertiary/aromatic N) is 1. The summed E-state index contributed by atoms with van der Waals surface area (Å²) in [6, 6.07) is 6.52. The van der Waals surface area contributed by atoms with Gasteiger partial charge >= 0.3 is 0 Å². The highest BCUT2D eigenvalue weighted by atomic mass is 19.1. The van der Waals surface area contributed by atoms with Gasteiger partial charge in [-0.3, -0.25) is 9.69 Å². The van der Waals surface area contributed by atoms with Crippen molar-refractivity contribution in [3.8, 4) is 0 Å². The molecule has 0 radical (unpaired) electrons. The number of halogens is 1. The molecule has 1 aromatic rings. The summed E-state index contributed by atoms with van der Waals surface area (Å²) >= 11 is 0. The third-order valence-corrected chi connectivity index (χ3v) is 3.85. The van der Waals surface area contributed by atoms with E-state index in [1.165, 1.54) is 12.1 Å². The Labute approximate surface area is 125 Å². The minimum absolute atomic E-state index is 0.0413. The lowest BCUT2D eigenvalue weighted by atomic mass is 10.1. The second kappa shape index (κ2) is 8.10. The molecule has 21 heavy (non-hydrogen) atoms. The molecule has 0 aromatic heterocycles. The summed E-state index contributed by atoms with van der Waals surface area (Å²) in [5.74, 6) is -0.0746. The quantitative estimate of drug-likeness (QED) is 0.750. The van der Waals surface area contributed by atoms with Gasteiger partial charge in [0, 0.05) is 26.2 Å². The van der Waals surface area contributed by atoms with Gasteiger partial charge < -0.3 is 10.4 Å². The van der Waals surface area contributed by atoms with Crippen molar-refractivity contribution in [1.29, 1.82) is 0 Å². The Bertz CT molecular complexity index is 450. The van der Waals surface area contributed by atoms with Crippen molar-refractivity contribution in [1.82, 2.24) is 10.2 Å². The highest BCUT2D eigenvalue weighted by molar-refractivity contribution is 5.79. The van der Waals surface area contributed by atoms with Crippen molar-refractivity contribution >= 4 is 5.91 Å². The first kappa shape index (κ1) is 15.9. The van der Waals surface area contributed by atoms with Gasteiger partial charge in [0.15, 0.2) is 0 Å². The molecular formula is C16H23FN2O2. The topological polar surface area (TPSA) is 52.6 Å². The van der Waals surface area contributed by atoms with Crippen LogP contribution in [-0.2, 0) is 11.3 Å². The van der Waals surface area contributed by atoms with Crippen molar-refractivity contribution in [2.75, 3.05) is 26.2 Å². The first-order chi connectivity index (χ1) is 10.2. The first-order valence-corrected chi connectivity index (χ1v) is 7.54. The molecule has 2 N–H and O–H groups in total. The molecule has 1 saturated heterocycles. The molecular weight excluding hydrogens is 271 g/mol. The number of carbonyl (C=O) groups is 1. The number of aliphatic hydroxyl groups excluding tert-OH is 1. The Morgan fingerprint density at radius 2 is 2.10 bits per heavy atom. The number of carbonyl (C=O) groups excluding carboxylic acids is 1. The van der Waals surface area contributed by atoms with Crippen molar-refractivity contribution in [3.63, 3.8) is 0 Å². The number of aliphatic hydroxyl groups is 1.